The van der Waals surface area contributed by atoms with Crippen LogP contribution in [0.3, 0.4) is 0 Å². The quantitative estimate of drug-likeness (QED) is 0.658. The highest BCUT2D eigenvalue weighted by Crippen LogP contribution is 2.32. The summed E-state index contributed by atoms with van der Waals surface area (Å²) in [6.07, 6.45) is 9.80. The van der Waals surface area contributed by atoms with Crippen molar-refractivity contribution in [1.82, 2.24) is 9.88 Å². The van der Waals surface area contributed by atoms with Crippen molar-refractivity contribution in [3.05, 3.63) is 64.1 Å². The van der Waals surface area contributed by atoms with Gasteiger partial charge in [0.05, 0.1) is 12.7 Å². The molecule has 1 N–H and O–H groups in total. The Kier molecular flexibility index (Phi) is 8.12. The fourth-order valence-electron chi connectivity index (χ4n) is 4.19. The van der Waals surface area contributed by atoms with E-state index in [0.717, 1.165) is 42.9 Å². The van der Waals surface area contributed by atoms with Crippen LogP contribution in [0.2, 0.25) is 0 Å². The number of nitrogens with zero attached hydrogens (tertiary/aromatic N) is 1. The Morgan fingerprint density at radius 2 is 1.90 bits per heavy atom. The standard InChI is InChI=1S/C25H34N2O3/c1-3-4-8-19-11-13-21(14-12-19)25(29)26-16-22-15-23(28)24(17-27(22)2)30-18-20-9-6-5-7-10-20/h5-7,9-10,15,17,19,21H,3-4,8,11-14,16,18H2,1-2H3,(H,26,29). The average molecular weight is 411 g/mol. The van der Waals surface area contributed by atoms with Gasteiger partial charge in [-0.2, -0.15) is 0 Å². The van der Waals surface area contributed by atoms with Gasteiger partial charge in [-0.1, -0.05) is 56.5 Å². The van der Waals surface area contributed by atoms with Crippen LogP contribution in [0, 0.1) is 11.8 Å². The maximum atomic E-state index is 12.6. The van der Waals surface area contributed by atoms with Crippen LogP contribution in [-0.2, 0) is 25.0 Å². The number of aromatic nitrogens is 1. The van der Waals surface area contributed by atoms with Crippen LogP contribution in [0.5, 0.6) is 5.75 Å². The van der Waals surface area contributed by atoms with Gasteiger partial charge in [0.2, 0.25) is 11.3 Å². The molecule has 0 unspecified atom stereocenters. The zero-order valence-corrected chi connectivity index (χ0v) is 18.2. The van der Waals surface area contributed by atoms with Gasteiger partial charge in [-0.25, -0.2) is 0 Å². The summed E-state index contributed by atoms with van der Waals surface area (Å²) >= 11 is 0. The fraction of sp³-hybridized carbons (Fsp3) is 0.520. The molecule has 0 atom stereocenters. The zero-order valence-electron chi connectivity index (χ0n) is 18.2. The molecule has 5 heteroatoms. The molecule has 1 aliphatic rings. The molecule has 1 aliphatic carbocycles. The summed E-state index contributed by atoms with van der Waals surface area (Å²) in [5.74, 6) is 1.33. The van der Waals surface area contributed by atoms with Crippen molar-refractivity contribution < 1.29 is 9.53 Å². The highest BCUT2D eigenvalue weighted by Gasteiger charge is 2.25. The molecular formula is C25H34N2O3. The Morgan fingerprint density at radius 3 is 2.60 bits per heavy atom. The van der Waals surface area contributed by atoms with Crippen molar-refractivity contribution in [2.24, 2.45) is 18.9 Å². The SMILES string of the molecule is CCCCC1CCC(C(=O)NCc2cc(=O)c(OCc3ccccc3)cn2C)CC1. The number of amides is 1. The largest absolute Gasteiger partial charge is 0.483 e. The smallest absolute Gasteiger partial charge is 0.223 e. The van der Waals surface area contributed by atoms with Crippen molar-refractivity contribution in [3.63, 3.8) is 0 Å². The molecule has 5 nitrogen and oxygen atoms in total. The first-order valence-electron chi connectivity index (χ1n) is 11.2. The van der Waals surface area contributed by atoms with Gasteiger partial charge in [-0.3, -0.25) is 9.59 Å². The molecule has 162 valence electrons. The van der Waals surface area contributed by atoms with Crippen LogP contribution in [0.1, 0.15) is 63.1 Å². The van der Waals surface area contributed by atoms with Gasteiger partial charge in [0.1, 0.15) is 6.61 Å². The zero-order chi connectivity index (χ0) is 21.3. The number of hydrogen-bond acceptors (Lipinski definition) is 3. The molecule has 1 saturated carbocycles. The van der Waals surface area contributed by atoms with Crippen molar-refractivity contribution in [2.45, 2.75) is 65.0 Å². The van der Waals surface area contributed by atoms with Crippen molar-refractivity contribution in [2.75, 3.05) is 0 Å². The molecule has 2 aromatic rings. The second kappa shape index (κ2) is 11.0. The molecule has 1 aromatic heterocycles. The fourth-order valence-corrected chi connectivity index (χ4v) is 4.19. The summed E-state index contributed by atoms with van der Waals surface area (Å²) in [4.78, 5) is 25.0. The number of rotatable bonds is 9. The number of carbonyl (C=O) groups excluding carboxylic acids is 1. The predicted molar refractivity (Wildman–Crippen MR) is 119 cm³/mol. The topological polar surface area (TPSA) is 60.3 Å². The van der Waals surface area contributed by atoms with E-state index in [9.17, 15) is 9.59 Å². The summed E-state index contributed by atoms with van der Waals surface area (Å²) < 4.78 is 7.55. The molecular weight excluding hydrogens is 376 g/mol. The van der Waals surface area contributed by atoms with E-state index in [0.29, 0.717) is 18.9 Å². The summed E-state index contributed by atoms with van der Waals surface area (Å²) in [5, 5.41) is 3.03. The number of aryl methyl sites for hydroxylation is 1. The number of ether oxygens (including phenoxy) is 1. The third kappa shape index (κ3) is 6.22. The predicted octanol–water partition coefficient (Wildman–Crippen LogP) is 4.58. The molecule has 0 bridgehead atoms. The Bertz CT molecular complexity index is 868. The van der Waals surface area contributed by atoms with Crippen molar-refractivity contribution in [3.8, 4) is 5.75 Å². The number of pyridine rings is 1. The van der Waals surface area contributed by atoms with Crippen LogP contribution in [0.25, 0.3) is 0 Å². The van der Waals surface area contributed by atoms with E-state index >= 15 is 0 Å². The third-order valence-corrected chi connectivity index (χ3v) is 6.17. The lowest BCUT2D eigenvalue weighted by Gasteiger charge is -2.27. The van der Waals surface area contributed by atoms with Crippen molar-refractivity contribution >= 4 is 5.91 Å². The first-order chi connectivity index (χ1) is 14.6. The van der Waals surface area contributed by atoms with E-state index < -0.39 is 0 Å². The summed E-state index contributed by atoms with van der Waals surface area (Å²) in [6.45, 7) is 2.95. The number of hydrogen-bond donors (Lipinski definition) is 1. The number of unbranched alkanes of at least 4 members (excludes halogenated alkanes) is 1. The van der Waals surface area contributed by atoms with Gasteiger partial charge in [-0.05, 0) is 37.2 Å². The first-order valence-corrected chi connectivity index (χ1v) is 11.2. The lowest BCUT2D eigenvalue weighted by Crippen LogP contribution is -2.33. The van der Waals surface area contributed by atoms with E-state index in [2.05, 4.69) is 12.2 Å². The number of nitrogens with one attached hydrogen (secondary N) is 1. The number of carbonyl (C=O) groups is 1. The van der Waals surface area contributed by atoms with E-state index in [-0.39, 0.29) is 17.3 Å². The van der Waals surface area contributed by atoms with Gasteiger partial charge < -0.3 is 14.6 Å². The monoisotopic (exact) mass is 410 g/mol. The maximum Gasteiger partial charge on any atom is 0.223 e. The molecule has 3 rings (SSSR count). The van der Waals surface area contributed by atoms with Gasteiger partial charge >= 0.3 is 0 Å². The lowest BCUT2D eigenvalue weighted by molar-refractivity contribution is -0.126. The van der Waals surface area contributed by atoms with Crippen LogP contribution in [-0.4, -0.2) is 10.5 Å². The molecule has 1 amide bonds. The first kappa shape index (κ1) is 22.1. The molecule has 1 fully saturated rings. The highest BCUT2D eigenvalue weighted by molar-refractivity contribution is 5.78. The van der Waals surface area contributed by atoms with E-state index in [1.165, 1.54) is 19.3 Å². The van der Waals surface area contributed by atoms with Gasteiger partial charge in [0.25, 0.3) is 0 Å². The van der Waals surface area contributed by atoms with Gasteiger partial charge in [-0.15, -0.1) is 0 Å². The van der Waals surface area contributed by atoms with Crippen LogP contribution >= 0.6 is 0 Å². The van der Waals surface area contributed by atoms with Crippen molar-refractivity contribution in [1.29, 1.82) is 0 Å². The Hall–Kier alpha value is -2.56. The molecule has 0 radical (unpaired) electrons. The average Bonchev–Trinajstić information content (AvgIpc) is 2.77. The van der Waals surface area contributed by atoms with Crippen LogP contribution in [0.15, 0.2) is 47.4 Å². The Labute approximate surface area is 179 Å². The second-order valence-electron chi connectivity index (χ2n) is 8.46. The molecule has 1 aromatic carbocycles. The normalized spacial score (nSPS) is 18.7. The second-order valence-corrected chi connectivity index (χ2v) is 8.46. The maximum absolute atomic E-state index is 12.6. The number of benzene rings is 1. The molecule has 1 heterocycles. The molecule has 30 heavy (non-hydrogen) atoms. The van der Waals surface area contributed by atoms with Crippen LogP contribution < -0.4 is 15.5 Å². The van der Waals surface area contributed by atoms with Gasteiger partial charge in [0.15, 0.2) is 5.75 Å². The molecule has 0 aliphatic heterocycles. The van der Waals surface area contributed by atoms with Crippen LogP contribution in [0.4, 0.5) is 0 Å². The molecule has 0 saturated heterocycles. The lowest BCUT2D eigenvalue weighted by atomic mass is 9.79. The van der Waals surface area contributed by atoms with E-state index in [1.807, 2.05) is 41.9 Å². The van der Waals surface area contributed by atoms with E-state index in [4.69, 9.17) is 4.74 Å². The summed E-state index contributed by atoms with van der Waals surface area (Å²) in [7, 11) is 1.87. The van der Waals surface area contributed by atoms with E-state index in [1.54, 1.807) is 12.3 Å². The summed E-state index contributed by atoms with van der Waals surface area (Å²) in [6, 6.07) is 11.3. The summed E-state index contributed by atoms with van der Waals surface area (Å²) in [5.41, 5.74) is 1.63. The van der Waals surface area contributed by atoms with Gasteiger partial charge in [0, 0.05) is 24.7 Å². The minimum Gasteiger partial charge on any atom is -0.483 e. The third-order valence-electron chi connectivity index (χ3n) is 6.17. The Morgan fingerprint density at radius 1 is 1.17 bits per heavy atom. The Balaban J connectivity index is 1.50. The minimum absolute atomic E-state index is 0.105. The highest BCUT2D eigenvalue weighted by atomic mass is 16.5. The molecule has 0 spiro atoms. The minimum atomic E-state index is -0.162.